The van der Waals surface area contributed by atoms with E-state index >= 15 is 0 Å². The molecule has 0 aromatic rings. The average Bonchev–Trinajstić information content (AvgIpc) is 2.26. The summed E-state index contributed by atoms with van der Waals surface area (Å²) in [4.78, 5) is 0. The molecule has 1 saturated carbocycles. The van der Waals surface area contributed by atoms with Gasteiger partial charge in [0.25, 0.3) is 0 Å². The molecule has 1 fully saturated rings. The van der Waals surface area contributed by atoms with Gasteiger partial charge in [-0.15, -0.1) is 0 Å². The van der Waals surface area contributed by atoms with Gasteiger partial charge >= 0.3 is 0 Å². The molecule has 2 nitrogen and oxygen atoms in total. The molecule has 3 unspecified atom stereocenters. The summed E-state index contributed by atoms with van der Waals surface area (Å²) in [7, 11) is 0. The molecule has 0 heterocycles. The van der Waals surface area contributed by atoms with E-state index < -0.39 is 0 Å². The van der Waals surface area contributed by atoms with Crippen molar-refractivity contribution in [2.75, 3.05) is 6.54 Å². The molecule has 0 spiro atoms. The highest BCUT2D eigenvalue weighted by Gasteiger charge is 2.27. The smallest absolute Gasteiger partial charge is 0.0666 e. The van der Waals surface area contributed by atoms with Crippen molar-refractivity contribution in [3.05, 3.63) is 0 Å². The molecule has 0 amide bonds. The summed E-state index contributed by atoms with van der Waals surface area (Å²) in [6, 6.07) is 2.93. The maximum atomic E-state index is 8.75. The van der Waals surface area contributed by atoms with Crippen LogP contribution in [0.5, 0.6) is 0 Å². The minimum atomic E-state index is 0.139. The normalized spacial score (nSPS) is 28.7. The Kier molecular flexibility index (Phi) is 5.11. The zero-order chi connectivity index (χ0) is 11.3. The molecule has 2 heteroatoms. The minimum absolute atomic E-state index is 0.139. The van der Waals surface area contributed by atoms with Crippen molar-refractivity contribution < 1.29 is 0 Å². The fraction of sp³-hybridized carbons (Fsp3) is 0.923. The van der Waals surface area contributed by atoms with E-state index in [1.807, 2.05) is 6.92 Å². The van der Waals surface area contributed by atoms with Gasteiger partial charge in [0.05, 0.1) is 12.0 Å². The minimum Gasteiger partial charge on any atom is -0.312 e. The van der Waals surface area contributed by atoms with E-state index in [9.17, 15) is 0 Å². The van der Waals surface area contributed by atoms with E-state index in [-0.39, 0.29) is 5.92 Å². The topological polar surface area (TPSA) is 35.8 Å². The molecule has 0 saturated heterocycles. The molecule has 15 heavy (non-hydrogen) atoms. The summed E-state index contributed by atoms with van der Waals surface area (Å²) in [6.45, 7) is 7.47. The third-order valence-corrected chi connectivity index (χ3v) is 3.58. The lowest BCUT2D eigenvalue weighted by atomic mass is 9.78. The lowest BCUT2D eigenvalue weighted by Gasteiger charge is -2.35. The molecule has 0 radical (unpaired) electrons. The highest BCUT2D eigenvalue weighted by Crippen LogP contribution is 2.30. The Balaban J connectivity index is 2.40. The fourth-order valence-electron chi connectivity index (χ4n) is 2.58. The van der Waals surface area contributed by atoms with Crippen LogP contribution in [-0.2, 0) is 0 Å². The quantitative estimate of drug-likeness (QED) is 0.771. The maximum Gasteiger partial charge on any atom is 0.0666 e. The van der Waals surface area contributed by atoms with Crippen molar-refractivity contribution in [1.29, 1.82) is 5.26 Å². The summed E-state index contributed by atoms with van der Waals surface area (Å²) < 4.78 is 0. The number of nitriles is 1. The molecule has 1 aliphatic rings. The molecule has 1 N–H and O–H groups in total. The van der Waals surface area contributed by atoms with Crippen LogP contribution in [0.2, 0.25) is 0 Å². The lowest BCUT2D eigenvalue weighted by Crippen LogP contribution is -2.42. The Hall–Kier alpha value is -0.550. The third kappa shape index (κ3) is 3.83. The standard InChI is InChI=1S/C13H24N2/c1-10(2)12-6-4-5-7-13(12)15-9-11(3)8-14/h10-13,15H,4-7,9H2,1-3H3. The summed E-state index contributed by atoms with van der Waals surface area (Å²) in [5, 5.41) is 12.3. The second kappa shape index (κ2) is 6.12. The van der Waals surface area contributed by atoms with Crippen molar-refractivity contribution in [3.8, 4) is 6.07 Å². The number of hydrogen-bond donors (Lipinski definition) is 1. The van der Waals surface area contributed by atoms with E-state index in [0.717, 1.165) is 18.4 Å². The van der Waals surface area contributed by atoms with Gasteiger partial charge in [-0.2, -0.15) is 5.26 Å². The first kappa shape index (κ1) is 12.5. The first-order chi connectivity index (χ1) is 7.15. The van der Waals surface area contributed by atoms with E-state index in [1.165, 1.54) is 25.7 Å². The zero-order valence-electron chi connectivity index (χ0n) is 10.3. The van der Waals surface area contributed by atoms with Crippen molar-refractivity contribution in [3.63, 3.8) is 0 Å². The van der Waals surface area contributed by atoms with Gasteiger partial charge in [0.15, 0.2) is 0 Å². The molecule has 1 rings (SSSR count). The first-order valence-electron chi connectivity index (χ1n) is 6.28. The van der Waals surface area contributed by atoms with Crippen molar-refractivity contribution in [1.82, 2.24) is 5.32 Å². The Bertz CT molecular complexity index is 217. The molecule has 86 valence electrons. The summed E-state index contributed by atoms with van der Waals surface area (Å²) >= 11 is 0. The number of nitrogens with zero attached hydrogens (tertiary/aromatic N) is 1. The summed E-state index contributed by atoms with van der Waals surface area (Å²) in [5.41, 5.74) is 0. The highest BCUT2D eigenvalue weighted by atomic mass is 14.9. The van der Waals surface area contributed by atoms with Crippen LogP contribution in [0.25, 0.3) is 0 Å². The molecule has 0 aromatic heterocycles. The second-order valence-corrected chi connectivity index (χ2v) is 5.24. The molecule has 3 atom stereocenters. The SMILES string of the molecule is CC(C#N)CNC1CCCCC1C(C)C. The van der Waals surface area contributed by atoms with Crippen LogP contribution >= 0.6 is 0 Å². The molecular weight excluding hydrogens is 184 g/mol. The zero-order valence-corrected chi connectivity index (χ0v) is 10.3. The van der Waals surface area contributed by atoms with E-state index in [0.29, 0.717) is 6.04 Å². The van der Waals surface area contributed by atoms with Gasteiger partial charge in [0, 0.05) is 12.6 Å². The number of rotatable bonds is 4. The molecular formula is C13H24N2. The van der Waals surface area contributed by atoms with Crippen LogP contribution in [0.3, 0.4) is 0 Å². The Morgan fingerprint density at radius 1 is 1.27 bits per heavy atom. The van der Waals surface area contributed by atoms with Crippen LogP contribution in [0, 0.1) is 29.1 Å². The van der Waals surface area contributed by atoms with Crippen LogP contribution in [-0.4, -0.2) is 12.6 Å². The number of nitrogens with one attached hydrogen (secondary N) is 1. The van der Waals surface area contributed by atoms with Crippen LogP contribution in [0.4, 0.5) is 0 Å². The van der Waals surface area contributed by atoms with Gasteiger partial charge in [0.2, 0.25) is 0 Å². The summed E-state index contributed by atoms with van der Waals surface area (Å²) in [5.74, 6) is 1.71. The largest absolute Gasteiger partial charge is 0.312 e. The first-order valence-corrected chi connectivity index (χ1v) is 6.28. The van der Waals surface area contributed by atoms with E-state index in [2.05, 4.69) is 25.2 Å². The van der Waals surface area contributed by atoms with Crippen LogP contribution < -0.4 is 5.32 Å². The van der Waals surface area contributed by atoms with E-state index in [4.69, 9.17) is 5.26 Å². The highest BCUT2D eigenvalue weighted by molar-refractivity contribution is 4.86. The molecule has 1 aliphatic carbocycles. The molecule has 0 aliphatic heterocycles. The van der Waals surface area contributed by atoms with Gasteiger partial charge in [-0.3, -0.25) is 0 Å². The second-order valence-electron chi connectivity index (χ2n) is 5.24. The number of hydrogen-bond acceptors (Lipinski definition) is 2. The van der Waals surface area contributed by atoms with Gasteiger partial charge in [0.1, 0.15) is 0 Å². The average molecular weight is 208 g/mol. The monoisotopic (exact) mass is 208 g/mol. The fourth-order valence-corrected chi connectivity index (χ4v) is 2.58. The van der Waals surface area contributed by atoms with Gasteiger partial charge in [-0.1, -0.05) is 26.7 Å². The third-order valence-electron chi connectivity index (χ3n) is 3.58. The predicted molar refractivity (Wildman–Crippen MR) is 63.4 cm³/mol. The molecule has 0 bridgehead atoms. The Morgan fingerprint density at radius 2 is 1.93 bits per heavy atom. The Morgan fingerprint density at radius 3 is 2.53 bits per heavy atom. The van der Waals surface area contributed by atoms with Crippen LogP contribution in [0.1, 0.15) is 46.5 Å². The van der Waals surface area contributed by atoms with Crippen molar-refractivity contribution in [2.24, 2.45) is 17.8 Å². The maximum absolute atomic E-state index is 8.75. The van der Waals surface area contributed by atoms with Crippen LogP contribution in [0.15, 0.2) is 0 Å². The van der Waals surface area contributed by atoms with Crippen molar-refractivity contribution >= 4 is 0 Å². The predicted octanol–water partition coefficient (Wildman–Crippen LogP) is 2.95. The van der Waals surface area contributed by atoms with Crippen molar-refractivity contribution in [2.45, 2.75) is 52.5 Å². The van der Waals surface area contributed by atoms with Gasteiger partial charge < -0.3 is 5.32 Å². The Labute approximate surface area is 94.1 Å². The lowest BCUT2D eigenvalue weighted by molar-refractivity contribution is 0.203. The van der Waals surface area contributed by atoms with E-state index in [1.54, 1.807) is 0 Å². The summed E-state index contributed by atoms with van der Waals surface area (Å²) in [6.07, 6.45) is 5.38. The van der Waals surface area contributed by atoms with Gasteiger partial charge in [-0.25, -0.2) is 0 Å². The molecule has 0 aromatic carbocycles. The van der Waals surface area contributed by atoms with Gasteiger partial charge in [-0.05, 0) is 31.6 Å².